The minimum absolute atomic E-state index is 0.00614. The van der Waals surface area contributed by atoms with Crippen molar-refractivity contribution in [3.8, 4) is 22.3 Å². The zero-order valence-corrected chi connectivity index (χ0v) is 18.8. The zero-order chi connectivity index (χ0) is 21.0. The number of hydrogen-bond donors (Lipinski definition) is 0. The van der Waals surface area contributed by atoms with Crippen molar-refractivity contribution in [3.63, 3.8) is 0 Å². The summed E-state index contributed by atoms with van der Waals surface area (Å²) >= 11 is 0. The van der Waals surface area contributed by atoms with Crippen LogP contribution in [0.4, 0.5) is 0 Å². The maximum Gasteiger partial charge on any atom is 0.140 e. The summed E-state index contributed by atoms with van der Waals surface area (Å²) in [5.74, 6) is 0. The largest absolute Gasteiger partial charge is 0.140 e. The lowest BCUT2D eigenvalue weighted by atomic mass is 9.72. The van der Waals surface area contributed by atoms with E-state index in [1.54, 1.807) is 0 Å². The molecule has 146 valence electrons. The van der Waals surface area contributed by atoms with Crippen molar-refractivity contribution >= 4 is 24.1 Å². The van der Waals surface area contributed by atoms with Crippen LogP contribution in [-0.4, -0.2) is 7.85 Å². The zero-order valence-electron chi connectivity index (χ0n) is 18.8. The molecule has 0 saturated carbocycles. The maximum absolute atomic E-state index is 2.45. The molecule has 6 rings (SSSR count). The van der Waals surface area contributed by atoms with E-state index in [0.29, 0.717) is 0 Å². The number of benzene rings is 4. The highest BCUT2D eigenvalue weighted by molar-refractivity contribution is 6.39. The van der Waals surface area contributed by atoms with Crippen LogP contribution in [0.15, 0.2) is 60.7 Å². The standard InChI is InChI=1S/C29H27B/c1-16-10-11-17-20-12-13-21-25-19-9-7-6-8-18(19)24(30)15-23(25)29(4,5)27(21)26(20)28(2,3)22(17)14-16/h6-15H,30H2,1-5H3. The van der Waals surface area contributed by atoms with Crippen molar-refractivity contribution in [3.05, 3.63) is 88.5 Å². The summed E-state index contributed by atoms with van der Waals surface area (Å²) < 4.78 is 0. The number of aryl methyl sites for hydroxylation is 1. The summed E-state index contributed by atoms with van der Waals surface area (Å²) in [6.07, 6.45) is 0. The Morgan fingerprint density at radius 2 is 1.23 bits per heavy atom. The molecule has 30 heavy (non-hydrogen) atoms. The van der Waals surface area contributed by atoms with E-state index in [9.17, 15) is 0 Å². The first kappa shape index (κ1) is 18.0. The molecule has 0 aliphatic heterocycles. The number of hydrogen-bond acceptors (Lipinski definition) is 0. The van der Waals surface area contributed by atoms with Crippen molar-refractivity contribution in [2.45, 2.75) is 45.4 Å². The van der Waals surface area contributed by atoms with Crippen molar-refractivity contribution in [1.82, 2.24) is 0 Å². The Morgan fingerprint density at radius 1 is 0.633 bits per heavy atom. The first-order valence-electron chi connectivity index (χ1n) is 11.1. The smallest absolute Gasteiger partial charge is 0.0809 e. The van der Waals surface area contributed by atoms with Crippen LogP contribution in [-0.2, 0) is 10.8 Å². The van der Waals surface area contributed by atoms with Crippen molar-refractivity contribution in [2.75, 3.05) is 0 Å². The van der Waals surface area contributed by atoms with Gasteiger partial charge < -0.3 is 0 Å². The van der Waals surface area contributed by atoms with E-state index in [-0.39, 0.29) is 10.8 Å². The van der Waals surface area contributed by atoms with Gasteiger partial charge in [-0.05, 0) is 62.2 Å². The molecule has 0 unspecified atom stereocenters. The summed E-state index contributed by atoms with van der Waals surface area (Å²) in [6, 6.07) is 23.1. The van der Waals surface area contributed by atoms with Gasteiger partial charge in [0.2, 0.25) is 0 Å². The Morgan fingerprint density at radius 3 is 2.00 bits per heavy atom. The Balaban J connectivity index is 1.76. The topological polar surface area (TPSA) is 0 Å². The van der Waals surface area contributed by atoms with Crippen LogP contribution in [0.2, 0.25) is 0 Å². The fraction of sp³-hybridized carbons (Fsp3) is 0.241. The van der Waals surface area contributed by atoms with Crippen LogP contribution in [0, 0.1) is 6.92 Å². The fourth-order valence-corrected chi connectivity index (χ4v) is 6.35. The quantitative estimate of drug-likeness (QED) is 0.324. The molecule has 0 saturated heterocycles. The van der Waals surface area contributed by atoms with E-state index in [2.05, 4.69) is 103 Å². The predicted molar refractivity (Wildman–Crippen MR) is 132 cm³/mol. The lowest BCUT2D eigenvalue weighted by Crippen LogP contribution is -2.24. The molecule has 0 N–H and O–H groups in total. The van der Waals surface area contributed by atoms with Crippen LogP contribution in [0.3, 0.4) is 0 Å². The van der Waals surface area contributed by atoms with Crippen LogP contribution >= 0.6 is 0 Å². The van der Waals surface area contributed by atoms with Gasteiger partial charge in [0.15, 0.2) is 0 Å². The van der Waals surface area contributed by atoms with Gasteiger partial charge in [-0.15, -0.1) is 0 Å². The van der Waals surface area contributed by atoms with E-state index < -0.39 is 0 Å². The van der Waals surface area contributed by atoms with Gasteiger partial charge in [0.1, 0.15) is 7.85 Å². The highest BCUT2D eigenvalue weighted by atomic mass is 14.5. The van der Waals surface area contributed by atoms with Crippen LogP contribution < -0.4 is 5.46 Å². The second kappa shape index (κ2) is 5.46. The average Bonchev–Trinajstić information content (AvgIpc) is 3.07. The molecular weight excluding hydrogens is 359 g/mol. The lowest BCUT2D eigenvalue weighted by Gasteiger charge is -2.31. The van der Waals surface area contributed by atoms with Gasteiger partial charge in [-0.2, -0.15) is 0 Å². The lowest BCUT2D eigenvalue weighted by molar-refractivity contribution is 0.601. The average molecular weight is 386 g/mol. The molecule has 0 aromatic heterocycles. The van der Waals surface area contributed by atoms with Crippen molar-refractivity contribution in [1.29, 1.82) is 0 Å². The molecule has 1 heteroatoms. The van der Waals surface area contributed by atoms with Crippen molar-refractivity contribution in [2.24, 2.45) is 0 Å². The van der Waals surface area contributed by atoms with Crippen LogP contribution in [0.25, 0.3) is 33.0 Å². The molecule has 0 spiro atoms. The molecule has 4 aromatic rings. The summed E-state index contributed by atoms with van der Waals surface area (Å²) in [5, 5.41) is 2.77. The number of rotatable bonds is 0. The highest BCUT2D eigenvalue weighted by Crippen LogP contribution is 2.59. The summed E-state index contributed by atoms with van der Waals surface area (Å²) in [5.41, 5.74) is 14.4. The van der Waals surface area contributed by atoms with E-state index in [4.69, 9.17) is 0 Å². The monoisotopic (exact) mass is 386 g/mol. The molecule has 0 nitrogen and oxygen atoms in total. The third kappa shape index (κ3) is 1.99. The van der Waals surface area contributed by atoms with E-state index in [1.807, 2.05) is 0 Å². The van der Waals surface area contributed by atoms with Crippen LogP contribution in [0.1, 0.15) is 55.5 Å². The Kier molecular flexibility index (Phi) is 3.28. The predicted octanol–water partition coefficient (Wildman–Crippen LogP) is 6.02. The van der Waals surface area contributed by atoms with Crippen LogP contribution in [0.5, 0.6) is 0 Å². The van der Waals surface area contributed by atoms with Gasteiger partial charge in [0, 0.05) is 10.8 Å². The summed E-state index contributed by atoms with van der Waals surface area (Å²) in [6.45, 7) is 11.9. The molecule has 0 atom stereocenters. The fourth-order valence-electron chi connectivity index (χ4n) is 6.35. The molecular formula is C29H27B. The second-order valence-corrected chi connectivity index (χ2v) is 10.4. The molecule has 0 amide bonds. The van der Waals surface area contributed by atoms with Gasteiger partial charge >= 0.3 is 0 Å². The highest BCUT2D eigenvalue weighted by Gasteiger charge is 2.46. The maximum atomic E-state index is 2.45. The van der Waals surface area contributed by atoms with Gasteiger partial charge in [0.25, 0.3) is 0 Å². The first-order valence-corrected chi connectivity index (χ1v) is 11.1. The molecule has 2 aliphatic carbocycles. The van der Waals surface area contributed by atoms with Gasteiger partial charge in [-0.3, -0.25) is 0 Å². The Bertz CT molecular complexity index is 1400. The molecule has 2 aliphatic rings. The van der Waals surface area contributed by atoms with E-state index >= 15 is 0 Å². The Labute approximate surface area is 180 Å². The number of fused-ring (bicyclic) bond motifs is 9. The van der Waals surface area contributed by atoms with Crippen molar-refractivity contribution < 1.29 is 0 Å². The van der Waals surface area contributed by atoms with E-state index in [0.717, 1.165) is 0 Å². The molecule has 0 bridgehead atoms. The summed E-state index contributed by atoms with van der Waals surface area (Å²) in [4.78, 5) is 0. The third-order valence-corrected chi connectivity index (χ3v) is 7.79. The van der Waals surface area contributed by atoms with Gasteiger partial charge in [0.05, 0.1) is 0 Å². The summed E-state index contributed by atoms with van der Waals surface area (Å²) in [7, 11) is 2.26. The van der Waals surface area contributed by atoms with E-state index in [1.165, 1.54) is 66.3 Å². The Hall–Kier alpha value is -2.80. The molecule has 4 aromatic carbocycles. The van der Waals surface area contributed by atoms with Gasteiger partial charge in [-0.1, -0.05) is 99.4 Å². The minimum Gasteiger partial charge on any atom is -0.0809 e. The SMILES string of the molecule is Bc1cc2c(c3ccccc13)-c1ccc3c(c1C2(C)C)C(C)(C)c1cc(C)ccc1-3. The first-order chi connectivity index (χ1) is 14.2. The third-order valence-electron chi connectivity index (χ3n) is 7.79. The van der Waals surface area contributed by atoms with Gasteiger partial charge in [-0.25, -0.2) is 0 Å². The second-order valence-electron chi connectivity index (χ2n) is 10.4. The normalized spacial score (nSPS) is 16.8. The minimum atomic E-state index is -0.0147. The molecule has 0 heterocycles. The molecule has 0 fully saturated rings. The molecule has 0 radical (unpaired) electrons.